The molecule has 90 valence electrons. The van der Waals surface area contributed by atoms with Gasteiger partial charge in [-0.3, -0.25) is 0 Å². The summed E-state index contributed by atoms with van der Waals surface area (Å²) < 4.78 is 5.03. The van der Waals surface area contributed by atoms with Gasteiger partial charge in [0.05, 0.1) is 12.5 Å². The van der Waals surface area contributed by atoms with E-state index in [1.165, 1.54) is 6.33 Å². The molecule has 0 saturated heterocycles. The van der Waals surface area contributed by atoms with E-state index in [1.807, 2.05) is 24.9 Å². The third-order valence-corrected chi connectivity index (χ3v) is 2.56. The maximum atomic E-state index is 5.38. The first-order valence-corrected chi connectivity index (χ1v) is 5.22. The second-order valence-electron chi connectivity index (χ2n) is 3.80. The molecule has 0 saturated carbocycles. The van der Waals surface area contributed by atoms with Crippen LogP contribution < -0.4 is 16.2 Å². The van der Waals surface area contributed by atoms with Gasteiger partial charge in [-0.2, -0.15) is 0 Å². The van der Waals surface area contributed by atoms with Crippen molar-refractivity contribution in [3.63, 3.8) is 0 Å². The molecule has 0 radical (unpaired) electrons. The normalized spacial score (nSPS) is 10.3. The van der Waals surface area contributed by atoms with Crippen molar-refractivity contribution in [2.45, 2.75) is 13.5 Å². The van der Waals surface area contributed by atoms with Crippen molar-refractivity contribution >= 4 is 11.6 Å². The number of furan rings is 1. The second kappa shape index (κ2) is 4.84. The van der Waals surface area contributed by atoms with Crippen LogP contribution in [0.5, 0.6) is 0 Å². The number of aromatic nitrogens is 2. The lowest BCUT2D eigenvalue weighted by Crippen LogP contribution is -2.20. The number of anilines is 2. The topological polar surface area (TPSA) is 80.2 Å². The third-order valence-electron chi connectivity index (χ3n) is 2.56. The van der Waals surface area contributed by atoms with Crippen LogP contribution in [0, 0.1) is 6.92 Å². The average molecular weight is 233 g/mol. The highest BCUT2D eigenvalue weighted by Crippen LogP contribution is 2.21. The number of nitrogens with zero attached hydrogens (tertiary/aromatic N) is 3. The van der Waals surface area contributed by atoms with E-state index in [4.69, 9.17) is 10.3 Å². The van der Waals surface area contributed by atoms with Gasteiger partial charge in [0.15, 0.2) is 0 Å². The average Bonchev–Trinajstić information content (AvgIpc) is 2.82. The molecule has 0 fully saturated rings. The van der Waals surface area contributed by atoms with Crippen molar-refractivity contribution in [2.75, 3.05) is 17.4 Å². The fourth-order valence-corrected chi connectivity index (χ4v) is 1.70. The van der Waals surface area contributed by atoms with Crippen LogP contribution in [0.1, 0.15) is 11.1 Å². The van der Waals surface area contributed by atoms with Gasteiger partial charge in [-0.25, -0.2) is 15.8 Å². The summed E-state index contributed by atoms with van der Waals surface area (Å²) in [6, 6.07) is 1.93. The molecule has 0 aliphatic heterocycles. The highest BCUT2D eigenvalue weighted by atomic mass is 16.3. The summed E-state index contributed by atoms with van der Waals surface area (Å²) in [6.45, 7) is 2.65. The number of hydrazine groups is 1. The summed E-state index contributed by atoms with van der Waals surface area (Å²) in [5.74, 6) is 6.86. The minimum atomic E-state index is 0.633. The van der Waals surface area contributed by atoms with Crippen molar-refractivity contribution in [1.29, 1.82) is 0 Å². The predicted molar refractivity (Wildman–Crippen MR) is 65.4 cm³/mol. The fourth-order valence-electron chi connectivity index (χ4n) is 1.70. The summed E-state index contributed by atoms with van der Waals surface area (Å²) in [4.78, 5) is 10.3. The van der Waals surface area contributed by atoms with Crippen molar-refractivity contribution in [2.24, 2.45) is 5.84 Å². The van der Waals surface area contributed by atoms with Crippen LogP contribution in [-0.4, -0.2) is 17.0 Å². The van der Waals surface area contributed by atoms with Gasteiger partial charge in [0.1, 0.15) is 18.0 Å². The minimum Gasteiger partial charge on any atom is -0.472 e. The lowest BCUT2D eigenvalue weighted by atomic mass is 10.2. The van der Waals surface area contributed by atoms with Crippen molar-refractivity contribution in [1.82, 2.24) is 9.97 Å². The lowest BCUT2D eigenvalue weighted by Gasteiger charge is -2.20. The number of nitrogens with two attached hydrogens (primary N) is 1. The Kier molecular flexibility index (Phi) is 3.24. The number of hydrogen-bond acceptors (Lipinski definition) is 6. The van der Waals surface area contributed by atoms with Crippen LogP contribution in [0.25, 0.3) is 0 Å². The zero-order valence-electron chi connectivity index (χ0n) is 9.84. The second-order valence-corrected chi connectivity index (χ2v) is 3.80. The number of nitrogens with one attached hydrogen (secondary N) is 1. The van der Waals surface area contributed by atoms with Crippen LogP contribution in [0.15, 0.2) is 29.3 Å². The zero-order valence-corrected chi connectivity index (χ0v) is 9.84. The molecule has 0 aliphatic carbocycles. The molecule has 6 nitrogen and oxygen atoms in total. The quantitative estimate of drug-likeness (QED) is 0.612. The molecule has 0 aromatic carbocycles. The molecule has 2 aromatic rings. The molecular formula is C11H15N5O. The van der Waals surface area contributed by atoms with Gasteiger partial charge in [0.2, 0.25) is 0 Å². The molecule has 2 rings (SSSR count). The maximum absolute atomic E-state index is 5.38. The number of nitrogen functional groups attached to an aromatic ring is 1. The van der Waals surface area contributed by atoms with Crippen molar-refractivity contribution < 1.29 is 4.42 Å². The maximum Gasteiger partial charge on any atom is 0.148 e. The highest BCUT2D eigenvalue weighted by Gasteiger charge is 2.11. The van der Waals surface area contributed by atoms with Crippen LogP contribution in [0.2, 0.25) is 0 Å². The molecule has 0 aliphatic rings. The fraction of sp³-hybridized carbons (Fsp3) is 0.273. The zero-order chi connectivity index (χ0) is 12.3. The molecule has 3 N–H and O–H groups in total. The number of hydrogen-bond donors (Lipinski definition) is 2. The van der Waals surface area contributed by atoms with E-state index >= 15 is 0 Å². The Labute approximate surface area is 99.4 Å². The molecule has 0 atom stereocenters. The predicted octanol–water partition coefficient (Wildman–Crippen LogP) is 1.30. The van der Waals surface area contributed by atoms with Crippen molar-refractivity contribution in [3.8, 4) is 0 Å². The first kappa shape index (κ1) is 11.4. The van der Waals surface area contributed by atoms with E-state index in [-0.39, 0.29) is 0 Å². The van der Waals surface area contributed by atoms with Gasteiger partial charge >= 0.3 is 0 Å². The van der Waals surface area contributed by atoms with E-state index in [0.29, 0.717) is 5.82 Å². The Morgan fingerprint density at radius 1 is 1.47 bits per heavy atom. The molecule has 0 spiro atoms. The minimum absolute atomic E-state index is 0.633. The molecule has 2 heterocycles. The van der Waals surface area contributed by atoms with Gasteiger partial charge < -0.3 is 14.7 Å². The summed E-state index contributed by atoms with van der Waals surface area (Å²) in [5.41, 5.74) is 4.56. The van der Waals surface area contributed by atoms with Crippen LogP contribution in [0.4, 0.5) is 11.6 Å². The smallest absolute Gasteiger partial charge is 0.148 e. The Bertz CT molecular complexity index is 483. The van der Waals surface area contributed by atoms with E-state index in [2.05, 4.69) is 15.4 Å². The summed E-state index contributed by atoms with van der Waals surface area (Å²) in [7, 11) is 1.96. The third kappa shape index (κ3) is 2.36. The molecule has 0 amide bonds. The highest BCUT2D eigenvalue weighted by molar-refractivity contribution is 5.57. The van der Waals surface area contributed by atoms with Gasteiger partial charge in [0, 0.05) is 24.7 Å². The first-order valence-electron chi connectivity index (χ1n) is 5.22. The van der Waals surface area contributed by atoms with Crippen LogP contribution in [-0.2, 0) is 6.54 Å². The summed E-state index contributed by atoms with van der Waals surface area (Å²) in [6.07, 6.45) is 4.86. The van der Waals surface area contributed by atoms with Gasteiger partial charge in [-0.05, 0) is 13.0 Å². The van der Waals surface area contributed by atoms with Crippen LogP contribution in [0.3, 0.4) is 0 Å². The molecule has 2 aromatic heterocycles. The Morgan fingerprint density at radius 3 is 2.94 bits per heavy atom. The first-order chi connectivity index (χ1) is 8.22. The Hall–Kier alpha value is -2.08. The van der Waals surface area contributed by atoms with E-state index in [1.54, 1.807) is 12.5 Å². The SMILES string of the molecule is Cc1c(NN)ncnc1N(C)Cc1ccoc1. The van der Waals surface area contributed by atoms with E-state index < -0.39 is 0 Å². The molecular weight excluding hydrogens is 218 g/mol. The molecule has 0 unspecified atom stereocenters. The van der Waals surface area contributed by atoms with Gasteiger partial charge in [0.25, 0.3) is 0 Å². The van der Waals surface area contributed by atoms with Gasteiger partial charge in [-0.1, -0.05) is 0 Å². The summed E-state index contributed by atoms with van der Waals surface area (Å²) in [5, 5.41) is 0. The lowest BCUT2D eigenvalue weighted by molar-refractivity contribution is 0.563. The standard InChI is InChI=1S/C11H15N5O/c1-8-10(15-12)13-7-14-11(8)16(2)5-9-3-4-17-6-9/h3-4,6-7H,5,12H2,1-2H3,(H,13,14,15). The Morgan fingerprint density at radius 2 is 2.29 bits per heavy atom. The largest absolute Gasteiger partial charge is 0.472 e. The molecule has 17 heavy (non-hydrogen) atoms. The van der Waals surface area contributed by atoms with E-state index in [9.17, 15) is 0 Å². The van der Waals surface area contributed by atoms with Crippen molar-refractivity contribution in [3.05, 3.63) is 36.0 Å². The van der Waals surface area contributed by atoms with Crippen LogP contribution >= 0.6 is 0 Å². The molecule has 0 bridgehead atoms. The van der Waals surface area contributed by atoms with E-state index in [0.717, 1.165) is 23.5 Å². The monoisotopic (exact) mass is 233 g/mol. The Balaban J connectivity index is 2.22. The number of rotatable bonds is 4. The van der Waals surface area contributed by atoms with Gasteiger partial charge in [-0.15, -0.1) is 0 Å². The molecule has 6 heteroatoms. The summed E-state index contributed by atoms with van der Waals surface area (Å²) >= 11 is 0.